The number of aliphatic hydroxyl groups excluding tert-OH is 1. The maximum Gasteiger partial charge on any atom is 0.228 e. The molecule has 2 aliphatic rings. The lowest BCUT2D eigenvalue weighted by Crippen LogP contribution is -2.59. The van der Waals surface area contributed by atoms with Crippen molar-refractivity contribution in [1.29, 1.82) is 0 Å². The van der Waals surface area contributed by atoms with Crippen molar-refractivity contribution in [1.82, 2.24) is 4.90 Å². The van der Waals surface area contributed by atoms with Crippen LogP contribution in [0.5, 0.6) is 5.75 Å². The average molecular weight is 360 g/mol. The van der Waals surface area contributed by atoms with Crippen LogP contribution in [-0.2, 0) is 10.2 Å². The van der Waals surface area contributed by atoms with E-state index in [-0.39, 0.29) is 35.4 Å². The normalized spacial score (nSPS) is 23.0. The standard InChI is InChI=1S/C22H33NO3/c1-5-16(13-24)20(25)23-14-22(15-23)11-10-19(12-22)26-18-8-6-17(7-9-18)21(2,3)4/h6-9,16,19,24H,5,10-15H2,1-4H3/t16-,19?/m1/s1. The first kappa shape index (κ1) is 19.2. The maximum atomic E-state index is 12.3. The summed E-state index contributed by atoms with van der Waals surface area (Å²) in [6.07, 6.45) is 4.15. The van der Waals surface area contributed by atoms with Crippen LogP contribution < -0.4 is 4.74 Å². The van der Waals surface area contributed by atoms with Gasteiger partial charge in [-0.1, -0.05) is 39.8 Å². The Morgan fingerprint density at radius 1 is 1.31 bits per heavy atom. The van der Waals surface area contributed by atoms with Crippen LogP contribution >= 0.6 is 0 Å². The van der Waals surface area contributed by atoms with Crippen molar-refractivity contribution < 1.29 is 14.6 Å². The summed E-state index contributed by atoms with van der Waals surface area (Å²) >= 11 is 0. The highest BCUT2D eigenvalue weighted by Gasteiger charge is 2.50. The summed E-state index contributed by atoms with van der Waals surface area (Å²) in [5.41, 5.74) is 1.71. The van der Waals surface area contributed by atoms with Crippen molar-refractivity contribution in [3.05, 3.63) is 29.8 Å². The number of carbonyl (C=O) groups excluding carboxylic acids is 1. The molecule has 1 aliphatic heterocycles. The lowest BCUT2D eigenvalue weighted by atomic mass is 9.77. The third-order valence-corrected chi connectivity index (χ3v) is 6.11. The third kappa shape index (κ3) is 3.90. The monoisotopic (exact) mass is 359 g/mol. The van der Waals surface area contributed by atoms with Crippen molar-refractivity contribution in [2.75, 3.05) is 19.7 Å². The fourth-order valence-corrected chi connectivity index (χ4v) is 4.33. The number of benzene rings is 1. The highest BCUT2D eigenvalue weighted by Crippen LogP contribution is 2.47. The van der Waals surface area contributed by atoms with E-state index in [2.05, 4.69) is 45.0 Å². The number of ether oxygens (including phenoxy) is 1. The summed E-state index contributed by atoms with van der Waals surface area (Å²) in [4.78, 5) is 14.3. The highest BCUT2D eigenvalue weighted by atomic mass is 16.5. The molecule has 2 fully saturated rings. The summed E-state index contributed by atoms with van der Waals surface area (Å²) in [6.45, 7) is 10.2. The molecule has 1 saturated heterocycles. The first-order valence-electron chi connectivity index (χ1n) is 9.93. The molecule has 1 unspecified atom stereocenters. The van der Waals surface area contributed by atoms with Crippen molar-refractivity contribution in [3.8, 4) is 5.75 Å². The molecule has 1 spiro atoms. The Labute approximate surface area is 157 Å². The van der Waals surface area contributed by atoms with Gasteiger partial charge < -0.3 is 14.7 Å². The van der Waals surface area contributed by atoms with Gasteiger partial charge in [0.2, 0.25) is 5.91 Å². The van der Waals surface area contributed by atoms with Gasteiger partial charge in [-0.25, -0.2) is 0 Å². The predicted molar refractivity (Wildman–Crippen MR) is 103 cm³/mol. The number of nitrogens with zero attached hydrogens (tertiary/aromatic N) is 1. The Morgan fingerprint density at radius 2 is 1.96 bits per heavy atom. The van der Waals surface area contributed by atoms with Crippen LogP contribution in [-0.4, -0.2) is 41.7 Å². The topological polar surface area (TPSA) is 49.8 Å². The molecule has 4 nitrogen and oxygen atoms in total. The zero-order valence-corrected chi connectivity index (χ0v) is 16.6. The van der Waals surface area contributed by atoms with Crippen molar-refractivity contribution in [2.45, 2.75) is 64.9 Å². The molecular weight excluding hydrogens is 326 g/mol. The second-order valence-electron chi connectivity index (χ2n) is 9.24. The van der Waals surface area contributed by atoms with Crippen LogP contribution in [0.4, 0.5) is 0 Å². The fourth-order valence-electron chi connectivity index (χ4n) is 4.33. The molecule has 2 atom stereocenters. The number of carbonyl (C=O) groups is 1. The molecule has 4 heteroatoms. The molecule has 1 heterocycles. The molecule has 1 aromatic carbocycles. The molecule has 0 bridgehead atoms. The summed E-state index contributed by atoms with van der Waals surface area (Å²) < 4.78 is 6.22. The molecular formula is C22H33NO3. The molecule has 1 aromatic rings. The van der Waals surface area contributed by atoms with Gasteiger partial charge in [0, 0.05) is 18.5 Å². The Kier molecular flexibility index (Phi) is 5.34. The zero-order chi connectivity index (χ0) is 18.9. The smallest absolute Gasteiger partial charge is 0.228 e. The van der Waals surface area contributed by atoms with E-state index < -0.39 is 0 Å². The number of amides is 1. The van der Waals surface area contributed by atoms with Gasteiger partial charge in [0.25, 0.3) is 0 Å². The molecule has 3 rings (SSSR count). The lowest BCUT2D eigenvalue weighted by Gasteiger charge is -2.49. The fraction of sp³-hybridized carbons (Fsp3) is 0.682. The van der Waals surface area contributed by atoms with E-state index in [4.69, 9.17) is 4.74 Å². The quantitative estimate of drug-likeness (QED) is 0.871. The highest BCUT2D eigenvalue weighted by molar-refractivity contribution is 5.80. The van der Waals surface area contributed by atoms with Gasteiger partial charge in [0.1, 0.15) is 5.75 Å². The van der Waals surface area contributed by atoms with E-state index in [1.165, 1.54) is 5.56 Å². The van der Waals surface area contributed by atoms with E-state index in [1.54, 1.807) is 0 Å². The van der Waals surface area contributed by atoms with Crippen molar-refractivity contribution in [2.24, 2.45) is 11.3 Å². The van der Waals surface area contributed by atoms with Gasteiger partial charge in [0.05, 0.1) is 18.6 Å². The number of aliphatic hydroxyl groups is 1. The largest absolute Gasteiger partial charge is 0.490 e. The van der Waals surface area contributed by atoms with Crippen LogP contribution in [0, 0.1) is 11.3 Å². The predicted octanol–water partition coefficient (Wildman–Crippen LogP) is 3.76. The SMILES string of the molecule is CC[C@H](CO)C(=O)N1CC2(CCC(Oc3ccc(C(C)(C)C)cc3)C2)C1. The summed E-state index contributed by atoms with van der Waals surface area (Å²) in [5.74, 6) is 0.823. The zero-order valence-electron chi connectivity index (χ0n) is 16.6. The van der Waals surface area contributed by atoms with E-state index in [9.17, 15) is 9.90 Å². The minimum absolute atomic E-state index is 0.0465. The third-order valence-electron chi connectivity index (χ3n) is 6.11. The minimum Gasteiger partial charge on any atom is -0.490 e. The van der Waals surface area contributed by atoms with Gasteiger partial charge in [-0.15, -0.1) is 0 Å². The average Bonchev–Trinajstić information content (AvgIpc) is 2.98. The van der Waals surface area contributed by atoms with Gasteiger partial charge in [-0.3, -0.25) is 4.79 Å². The number of likely N-dealkylation sites (tertiary alicyclic amines) is 1. The van der Waals surface area contributed by atoms with Gasteiger partial charge in [-0.2, -0.15) is 0 Å². The van der Waals surface area contributed by atoms with Crippen LogP contribution in [0.15, 0.2) is 24.3 Å². The van der Waals surface area contributed by atoms with Gasteiger partial charge in [-0.05, 0) is 48.8 Å². The second-order valence-corrected chi connectivity index (χ2v) is 9.24. The molecule has 1 aliphatic carbocycles. The molecule has 1 saturated carbocycles. The van der Waals surface area contributed by atoms with Crippen LogP contribution in [0.1, 0.15) is 58.9 Å². The molecule has 1 N–H and O–H groups in total. The van der Waals surface area contributed by atoms with Gasteiger partial charge >= 0.3 is 0 Å². The first-order valence-corrected chi connectivity index (χ1v) is 9.93. The van der Waals surface area contributed by atoms with E-state index in [0.29, 0.717) is 6.42 Å². The van der Waals surface area contributed by atoms with E-state index in [1.807, 2.05) is 11.8 Å². The van der Waals surface area contributed by atoms with E-state index in [0.717, 1.165) is 38.1 Å². The maximum absolute atomic E-state index is 12.3. The second kappa shape index (κ2) is 7.22. The Morgan fingerprint density at radius 3 is 2.50 bits per heavy atom. The van der Waals surface area contributed by atoms with Crippen molar-refractivity contribution >= 4 is 5.91 Å². The van der Waals surface area contributed by atoms with Crippen LogP contribution in [0.3, 0.4) is 0 Å². The molecule has 0 radical (unpaired) electrons. The number of rotatable bonds is 5. The summed E-state index contributed by atoms with van der Waals surface area (Å²) in [7, 11) is 0. The molecule has 144 valence electrons. The Hall–Kier alpha value is -1.55. The number of hydrogen-bond acceptors (Lipinski definition) is 3. The number of hydrogen-bond donors (Lipinski definition) is 1. The molecule has 1 amide bonds. The summed E-state index contributed by atoms with van der Waals surface area (Å²) in [5, 5.41) is 9.33. The van der Waals surface area contributed by atoms with Crippen LogP contribution in [0.25, 0.3) is 0 Å². The summed E-state index contributed by atoms with van der Waals surface area (Å²) in [6, 6.07) is 8.47. The first-order chi connectivity index (χ1) is 12.3. The molecule has 0 aromatic heterocycles. The Bertz CT molecular complexity index is 622. The minimum atomic E-state index is -0.234. The Balaban J connectivity index is 1.52. The molecule has 26 heavy (non-hydrogen) atoms. The van der Waals surface area contributed by atoms with Crippen molar-refractivity contribution in [3.63, 3.8) is 0 Å². The van der Waals surface area contributed by atoms with Gasteiger partial charge in [0.15, 0.2) is 0 Å². The van der Waals surface area contributed by atoms with E-state index >= 15 is 0 Å². The van der Waals surface area contributed by atoms with Crippen LogP contribution in [0.2, 0.25) is 0 Å². The lowest BCUT2D eigenvalue weighted by molar-refractivity contribution is -0.149.